The van der Waals surface area contributed by atoms with Crippen LogP contribution in [0.25, 0.3) is 21.8 Å². The molecule has 0 bridgehead atoms. The smallest absolute Gasteiger partial charge is 0.322 e. The van der Waals surface area contributed by atoms with Gasteiger partial charge in [0, 0.05) is 37.4 Å². The van der Waals surface area contributed by atoms with Crippen LogP contribution >= 0.6 is 31.9 Å². The van der Waals surface area contributed by atoms with Gasteiger partial charge in [0.05, 0.1) is 5.52 Å². The molecule has 0 aliphatic heterocycles. The first-order valence-corrected chi connectivity index (χ1v) is 10.7. The van der Waals surface area contributed by atoms with Gasteiger partial charge in [-0.05, 0) is 81.1 Å². The molecule has 162 valence electrons. The van der Waals surface area contributed by atoms with Crippen LogP contribution < -0.4 is 11.1 Å². The van der Waals surface area contributed by atoms with E-state index in [-0.39, 0.29) is 11.1 Å². The maximum absolute atomic E-state index is 12.5. The van der Waals surface area contributed by atoms with E-state index < -0.39 is 18.3 Å². The minimum absolute atomic E-state index is 0.0664. The normalized spacial score (nSPS) is 11.5. The monoisotopic (exact) mass is 556 g/mol. The number of hydrogen-bond acceptors (Lipinski definition) is 2. The van der Waals surface area contributed by atoms with E-state index in [9.17, 15) is 22.8 Å². The topological polar surface area (TPSA) is 54.9 Å². The van der Waals surface area contributed by atoms with Crippen LogP contribution in [-0.2, 0) is 6.54 Å². The quantitative estimate of drug-likeness (QED) is 0.301. The summed E-state index contributed by atoms with van der Waals surface area (Å²) in [5, 5.41) is 1.64. The van der Waals surface area contributed by atoms with E-state index in [0.29, 0.717) is 9.86 Å². The van der Waals surface area contributed by atoms with Crippen LogP contribution in [0.15, 0.2) is 67.1 Å². The maximum atomic E-state index is 12.5. The highest BCUT2D eigenvalue weighted by molar-refractivity contribution is 9.11. The molecule has 0 radical (unpaired) electrons. The molecule has 4 aromatic rings. The number of aromatic amines is 1. The van der Waals surface area contributed by atoms with Gasteiger partial charge in [-0.3, -0.25) is 14.2 Å². The third kappa shape index (κ3) is 5.27. The third-order valence-corrected chi connectivity index (χ3v) is 6.77. The lowest BCUT2D eigenvalue weighted by Crippen LogP contribution is -2.27. The van der Waals surface area contributed by atoms with Crippen molar-refractivity contribution in [3.63, 3.8) is 0 Å². The second kappa shape index (κ2) is 9.00. The molecule has 4 rings (SSSR count). The highest BCUT2D eigenvalue weighted by Gasteiger charge is 2.29. The van der Waals surface area contributed by atoms with E-state index in [0.717, 1.165) is 31.6 Å². The lowest BCUT2D eigenvalue weighted by atomic mass is 10.1. The van der Waals surface area contributed by atoms with Crippen molar-refractivity contribution in [2.45, 2.75) is 26.6 Å². The summed E-state index contributed by atoms with van der Waals surface area (Å²) in [4.78, 5) is 25.3. The maximum Gasteiger partial charge on any atom is 0.406 e. The number of nitrogens with zero attached hydrogens (tertiary/aromatic N) is 1. The summed E-state index contributed by atoms with van der Waals surface area (Å²) in [6.07, 6.45) is -4.42. The number of H-pyrrole nitrogens is 1. The molecule has 0 spiro atoms. The van der Waals surface area contributed by atoms with Gasteiger partial charge >= 0.3 is 6.18 Å². The van der Waals surface area contributed by atoms with E-state index >= 15 is 0 Å². The lowest BCUT2D eigenvalue weighted by molar-refractivity contribution is -0.140. The summed E-state index contributed by atoms with van der Waals surface area (Å²) >= 11 is 6.81. The number of pyridine rings is 2. The Hall–Kier alpha value is -2.39. The van der Waals surface area contributed by atoms with Gasteiger partial charge in [0.1, 0.15) is 6.54 Å². The Labute approximate surface area is 192 Å². The number of aryl methyl sites for hydroxylation is 2. The standard InChI is InChI=1S/C12H9BrF3NO.C10H8BrNO/c1-7-2-4-9-8(11(7)13)3-5-10(18)17(9)6-12(14,15)16;1-6-2-4-8-7(10(6)11)3-5-9(13)12-8/h2-5H,6H2,1H3;2-5H,1H3,(H,12,13). The SMILES string of the molecule is Cc1ccc2[nH]c(=O)ccc2c1Br.Cc1ccc2c(ccc(=O)n2CC(F)(F)F)c1Br. The minimum Gasteiger partial charge on any atom is -0.322 e. The first-order chi connectivity index (χ1) is 14.5. The first-order valence-electron chi connectivity index (χ1n) is 9.11. The van der Waals surface area contributed by atoms with Gasteiger partial charge < -0.3 is 4.98 Å². The van der Waals surface area contributed by atoms with E-state index in [2.05, 4.69) is 36.8 Å². The Morgan fingerprint density at radius 1 is 0.839 bits per heavy atom. The van der Waals surface area contributed by atoms with Gasteiger partial charge in [-0.2, -0.15) is 13.2 Å². The number of benzene rings is 2. The summed E-state index contributed by atoms with van der Waals surface area (Å²) in [6, 6.07) is 13.1. The molecule has 1 N–H and O–H groups in total. The van der Waals surface area contributed by atoms with Crippen LogP contribution in [0, 0.1) is 13.8 Å². The summed E-state index contributed by atoms with van der Waals surface area (Å²) in [5.74, 6) is 0. The Morgan fingerprint density at radius 3 is 2.06 bits per heavy atom. The zero-order valence-electron chi connectivity index (χ0n) is 16.5. The summed E-state index contributed by atoms with van der Waals surface area (Å²) < 4.78 is 39.9. The molecular weight excluding hydrogens is 541 g/mol. The van der Waals surface area contributed by atoms with Gasteiger partial charge in [0.15, 0.2) is 0 Å². The van der Waals surface area contributed by atoms with Crippen molar-refractivity contribution in [2.24, 2.45) is 0 Å². The molecule has 0 aliphatic carbocycles. The van der Waals surface area contributed by atoms with E-state index in [1.807, 2.05) is 32.0 Å². The Morgan fingerprint density at radius 2 is 1.42 bits per heavy atom. The van der Waals surface area contributed by atoms with Crippen molar-refractivity contribution in [2.75, 3.05) is 0 Å². The van der Waals surface area contributed by atoms with Crippen molar-refractivity contribution < 1.29 is 13.2 Å². The van der Waals surface area contributed by atoms with Crippen molar-refractivity contribution in [3.8, 4) is 0 Å². The molecule has 0 amide bonds. The molecule has 9 heteroatoms. The van der Waals surface area contributed by atoms with Crippen LogP contribution in [0.3, 0.4) is 0 Å². The molecule has 0 fully saturated rings. The van der Waals surface area contributed by atoms with Crippen molar-refractivity contribution in [1.29, 1.82) is 0 Å². The molecule has 0 aliphatic rings. The van der Waals surface area contributed by atoms with Gasteiger partial charge in [-0.15, -0.1) is 0 Å². The molecular formula is C22H17Br2F3N2O2. The average molecular weight is 558 g/mol. The summed E-state index contributed by atoms with van der Waals surface area (Å²) in [5.41, 5.74) is 2.49. The molecule has 0 saturated heterocycles. The van der Waals surface area contributed by atoms with Crippen LogP contribution in [0.1, 0.15) is 11.1 Å². The Kier molecular flexibility index (Phi) is 6.76. The number of aromatic nitrogens is 2. The fourth-order valence-electron chi connectivity index (χ4n) is 3.10. The number of rotatable bonds is 1. The van der Waals surface area contributed by atoms with Crippen molar-refractivity contribution in [3.05, 3.63) is 89.3 Å². The largest absolute Gasteiger partial charge is 0.406 e. The van der Waals surface area contributed by atoms with Gasteiger partial charge in [0.2, 0.25) is 5.56 Å². The van der Waals surface area contributed by atoms with Crippen LogP contribution in [0.2, 0.25) is 0 Å². The first kappa shape index (κ1) is 23.3. The molecule has 31 heavy (non-hydrogen) atoms. The van der Waals surface area contributed by atoms with Crippen molar-refractivity contribution in [1.82, 2.24) is 9.55 Å². The predicted molar refractivity (Wildman–Crippen MR) is 124 cm³/mol. The number of hydrogen-bond donors (Lipinski definition) is 1. The van der Waals surface area contributed by atoms with Crippen LogP contribution in [0.5, 0.6) is 0 Å². The van der Waals surface area contributed by atoms with Crippen molar-refractivity contribution >= 4 is 53.7 Å². The number of fused-ring (bicyclic) bond motifs is 2. The molecule has 2 aromatic heterocycles. The number of alkyl halides is 3. The molecule has 0 atom stereocenters. The molecule has 4 nitrogen and oxygen atoms in total. The fourth-order valence-corrected chi connectivity index (χ4v) is 4.04. The predicted octanol–water partition coefficient (Wildman–Crippen LogP) is 6.23. The number of nitrogens with one attached hydrogen (secondary N) is 1. The van der Waals surface area contributed by atoms with Gasteiger partial charge in [0.25, 0.3) is 5.56 Å². The summed E-state index contributed by atoms with van der Waals surface area (Å²) in [7, 11) is 0. The Balaban J connectivity index is 0.000000185. The second-order valence-electron chi connectivity index (χ2n) is 6.98. The zero-order valence-corrected chi connectivity index (χ0v) is 19.7. The van der Waals surface area contributed by atoms with Gasteiger partial charge in [-0.1, -0.05) is 12.1 Å². The second-order valence-corrected chi connectivity index (χ2v) is 8.57. The molecule has 2 heterocycles. The van der Waals surface area contributed by atoms with Crippen LogP contribution in [0.4, 0.5) is 13.2 Å². The molecule has 0 unspecified atom stereocenters. The highest BCUT2D eigenvalue weighted by Crippen LogP contribution is 2.28. The Bertz CT molecular complexity index is 1390. The number of halogens is 5. The third-order valence-electron chi connectivity index (χ3n) is 4.67. The minimum atomic E-state index is -4.42. The van der Waals surface area contributed by atoms with Gasteiger partial charge in [-0.25, -0.2) is 0 Å². The van der Waals surface area contributed by atoms with Crippen LogP contribution in [-0.4, -0.2) is 15.7 Å². The summed E-state index contributed by atoms with van der Waals surface area (Å²) in [6.45, 7) is 2.58. The zero-order chi connectivity index (χ0) is 22.9. The van der Waals surface area contributed by atoms with E-state index in [1.54, 1.807) is 6.07 Å². The van der Waals surface area contributed by atoms with E-state index in [4.69, 9.17) is 0 Å². The highest BCUT2D eigenvalue weighted by atomic mass is 79.9. The average Bonchev–Trinajstić information content (AvgIpc) is 2.69. The fraction of sp³-hybridized carbons (Fsp3) is 0.182. The lowest BCUT2D eigenvalue weighted by Gasteiger charge is -2.13. The van der Waals surface area contributed by atoms with E-state index in [1.165, 1.54) is 23.8 Å². The molecule has 2 aromatic carbocycles. The molecule has 0 saturated carbocycles.